The van der Waals surface area contributed by atoms with Gasteiger partial charge in [-0.2, -0.15) is 0 Å². The van der Waals surface area contributed by atoms with Crippen molar-refractivity contribution in [2.45, 2.75) is 26.9 Å². The first-order chi connectivity index (χ1) is 11.0. The summed E-state index contributed by atoms with van der Waals surface area (Å²) >= 11 is 1.36. The van der Waals surface area contributed by atoms with Crippen LogP contribution in [-0.2, 0) is 17.9 Å². The predicted molar refractivity (Wildman–Crippen MR) is 98.4 cm³/mol. The van der Waals surface area contributed by atoms with Gasteiger partial charge < -0.3 is 16.0 Å². The van der Waals surface area contributed by atoms with E-state index in [4.69, 9.17) is 5.73 Å². The van der Waals surface area contributed by atoms with Gasteiger partial charge in [0.05, 0.1) is 0 Å². The Morgan fingerprint density at radius 2 is 2.04 bits per heavy atom. The number of aromatic nitrogens is 1. The van der Waals surface area contributed by atoms with Crippen LogP contribution in [0.3, 0.4) is 0 Å². The van der Waals surface area contributed by atoms with Crippen LogP contribution in [-0.4, -0.2) is 28.2 Å². The third-order valence-electron chi connectivity index (χ3n) is 3.41. The normalized spacial score (nSPS) is 9.96. The molecule has 0 saturated carbocycles. The van der Waals surface area contributed by atoms with Crippen molar-refractivity contribution in [1.82, 2.24) is 9.88 Å². The van der Waals surface area contributed by atoms with E-state index in [0.717, 1.165) is 10.6 Å². The highest BCUT2D eigenvalue weighted by atomic mass is 35.5. The summed E-state index contributed by atoms with van der Waals surface area (Å²) in [5.41, 5.74) is 7.43. The van der Waals surface area contributed by atoms with Crippen LogP contribution in [0.1, 0.15) is 34.9 Å². The Morgan fingerprint density at radius 3 is 2.62 bits per heavy atom. The van der Waals surface area contributed by atoms with Gasteiger partial charge in [0.25, 0.3) is 5.91 Å². The van der Waals surface area contributed by atoms with Crippen molar-refractivity contribution in [2.24, 2.45) is 5.73 Å². The van der Waals surface area contributed by atoms with Crippen LogP contribution in [0.15, 0.2) is 29.6 Å². The van der Waals surface area contributed by atoms with Crippen molar-refractivity contribution in [2.75, 3.05) is 11.9 Å². The number of carbonyl (C=O) groups excluding carboxylic acids is 2. The molecule has 0 bridgehead atoms. The van der Waals surface area contributed by atoms with E-state index in [0.29, 0.717) is 31.0 Å². The fourth-order valence-corrected chi connectivity index (χ4v) is 2.78. The van der Waals surface area contributed by atoms with Crippen LogP contribution in [0.4, 0.5) is 5.69 Å². The standard InChI is InChI=1S/C16H20N4O2S.ClH/c1-3-20(11(2)21)9-12-6-4-5-7-13(12)19-16(22)14-10-23-15(8-17)18-14;/h4-7,10H,3,8-9,17H2,1-2H3,(H,19,22);1H. The molecule has 130 valence electrons. The first-order valence-corrected chi connectivity index (χ1v) is 8.22. The van der Waals surface area contributed by atoms with E-state index in [-0.39, 0.29) is 24.2 Å². The van der Waals surface area contributed by atoms with Crippen LogP contribution in [0, 0.1) is 0 Å². The van der Waals surface area contributed by atoms with Crippen LogP contribution in [0.2, 0.25) is 0 Å². The van der Waals surface area contributed by atoms with Gasteiger partial charge in [0, 0.05) is 37.6 Å². The topological polar surface area (TPSA) is 88.3 Å². The highest BCUT2D eigenvalue weighted by molar-refractivity contribution is 7.09. The maximum absolute atomic E-state index is 12.3. The van der Waals surface area contributed by atoms with Gasteiger partial charge in [-0.3, -0.25) is 9.59 Å². The van der Waals surface area contributed by atoms with E-state index < -0.39 is 0 Å². The molecule has 0 radical (unpaired) electrons. The molecule has 0 aliphatic heterocycles. The SMILES string of the molecule is CCN(Cc1ccccc1NC(=O)c1csc(CN)n1)C(C)=O.Cl. The fraction of sp³-hybridized carbons (Fsp3) is 0.312. The summed E-state index contributed by atoms with van der Waals surface area (Å²) in [4.78, 5) is 29.8. The lowest BCUT2D eigenvalue weighted by Gasteiger charge is -2.20. The molecule has 3 N–H and O–H groups in total. The van der Waals surface area contributed by atoms with Gasteiger partial charge in [-0.25, -0.2) is 4.98 Å². The van der Waals surface area contributed by atoms with Crippen molar-refractivity contribution in [3.8, 4) is 0 Å². The minimum atomic E-state index is -0.278. The molecule has 24 heavy (non-hydrogen) atoms. The molecule has 0 atom stereocenters. The smallest absolute Gasteiger partial charge is 0.275 e. The molecule has 1 heterocycles. The van der Waals surface area contributed by atoms with Crippen molar-refractivity contribution < 1.29 is 9.59 Å². The number of nitrogens with one attached hydrogen (secondary N) is 1. The molecule has 8 heteroatoms. The third kappa shape index (κ3) is 5.02. The average Bonchev–Trinajstić information content (AvgIpc) is 3.02. The van der Waals surface area contributed by atoms with Gasteiger partial charge in [-0.15, -0.1) is 23.7 Å². The molecule has 2 rings (SSSR count). The number of benzene rings is 1. The molecule has 0 fully saturated rings. The van der Waals surface area contributed by atoms with E-state index in [1.165, 1.54) is 18.3 Å². The largest absolute Gasteiger partial charge is 0.339 e. The fourth-order valence-electron chi connectivity index (χ4n) is 2.13. The number of para-hydroxylation sites is 1. The summed E-state index contributed by atoms with van der Waals surface area (Å²) in [6, 6.07) is 7.44. The van der Waals surface area contributed by atoms with E-state index in [9.17, 15) is 9.59 Å². The zero-order valence-corrected chi connectivity index (χ0v) is 15.2. The molecule has 2 amide bonds. The van der Waals surface area contributed by atoms with Gasteiger partial charge in [0.2, 0.25) is 5.91 Å². The first-order valence-electron chi connectivity index (χ1n) is 7.34. The zero-order chi connectivity index (χ0) is 16.8. The minimum absolute atomic E-state index is 0. The van der Waals surface area contributed by atoms with E-state index >= 15 is 0 Å². The van der Waals surface area contributed by atoms with Crippen molar-refractivity contribution in [1.29, 1.82) is 0 Å². The molecular weight excluding hydrogens is 348 g/mol. The van der Waals surface area contributed by atoms with E-state index in [1.54, 1.807) is 10.3 Å². The Balaban J connectivity index is 0.00000288. The lowest BCUT2D eigenvalue weighted by molar-refractivity contribution is -0.129. The molecule has 0 aliphatic carbocycles. The second kappa shape index (κ2) is 9.36. The molecule has 1 aromatic carbocycles. The predicted octanol–water partition coefficient (Wildman–Crippen LogP) is 2.64. The van der Waals surface area contributed by atoms with Crippen LogP contribution >= 0.6 is 23.7 Å². The van der Waals surface area contributed by atoms with Gasteiger partial charge in [0.1, 0.15) is 10.7 Å². The quantitative estimate of drug-likeness (QED) is 0.820. The number of thiazole rings is 1. The molecule has 0 saturated heterocycles. The van der Waals surface area contributed by atoms with Crippen molar-refractivity contribution in [3.63, 3.8) is 0 Å². The molecule has 0 spiro atoms. The Bertz CT molecular complexity index is 705. The number of amides is 2. The number of rotatable bonds is 6. The average molecular weight is 369 g/mol. The Kier molecular flexibility index (Phi) is 7.84. The number of anilines is 1. The maximum Gasteiger partial charge on any atom is 0.275 e. The lowest BCUT2D eigenvalue weighted by atomic mass is 10.1. The first kappa shape index (κ1) is 20.1. The van der Waals surface area contributed by atoms with Crippen molar-refractivity contribution in [3.05, 3.63) is 45.9 Å². The number of halogens is 1. The minimum Gasteiger partial charge on any atom is -0.339 e. The summed E-state index contributed by atoms with van der Waals surface area (Å²) in [6.45, 7) is 4.84. The van der Waals surface area contributed by atoms with Gasteiger partial charge >= 0.3 is 0 Å². The molecule has 2 aromatic rings. The molecule has 6 nitrogen and oxygen atoms in total. The second-order valence-electron chi connectivity index (χ2n) is 4.98. The van der Waals surface area contributed by atoms with Crippen molar-refractivity contribution >= 4 is 41.2 Å². The van der Waals surface area contributed by atoms with Crippen LogP contribution < -0.4 is 11.1 Å². The third-order valence-corrected chi connectivity index (χ3v) is 4.28. The second-order valence-corrected chi connectivity index (χ2v) is 5.92. The molecule has 0 unspecified atom stereocenters. The molecule has 1 aromatic heterocycles. The number of nitrogens with zero attached hydrogens (tertiary/aromatic N) is 2. The number of hydrogen-bond acceptors (Lipinski definition) is 5. The van der Waals surface area contributed by atoms with Gasteiger partial charge in [0.15, 0.2) is 0 Å². The van der Waals surface area contributed by atoms with Gasteiger partial charge in [-0.05, 0) is 18.6 Å². The Hall–Kier alpha value is -1.96. The summed E-state index contributed by atoms with van der Waals surface area (Å²) in [7, 11) is 0. The van der Waals surface area contributed by atoms with E-state index in [2.05, 4.69) is 10.3 Å². The maximum atomic E-state index is 12.3. The van der Waals surface area contributed by atoms with Crippen LogP contribution in [0.5, 0.6) is 0 Å². The Morgan fingerprint density at radius 1 is 1.33 bits per heavy atom. The highest BCUT2D eigenvalue weighted by Crippen LogP contribution is 2.19. The highest BCUT2D eigenvalue weighted by Gasteiger charge is 2.14. The summed E-state index contributed by atoms with van der Waals surface area (Å²) < 4.78 is 0. The monoisotopic (exact) mass is 368 g/mol. The summed E-state index contributed by atoms with van der Waals surface area (Å²) in [6.07, 6.45) is 0. The summed E-state index contributed by atoms with van der Waals surface area (Å²) in [5, 5.41) is 5.27. The molecule has 0 aliphatic rings. The Labute approximate surface area is 151 Å². The summed E-state index contributed by atoms with van der Waals surface area (Å²) in [5.74, 6) is -0.278. The van der Waals surface area contributed by atoms with E-state index in [1.807, 2.05) is 31.2 Å². The van der Waals surface area contributed by atoms with Crippen LogP contribution in [0.25, 0.3) is 0 Å². The van der Waals surface area contributed by atoms with Gasteiger partial charge in [-0.1, -0.05) is 18.2 Å². The number of hydrogen-bond donors (Lipinski definition) is 2. The molecular formula is C16H21ClN4O2S. The lowest BCUT2D eigenvalue weighted by Crippen LogP contribution is -2.28. The zero-order valence-electron chi connectivity index (χ0n) is 13.6. The number of nitrogens with two attached hydrogens (primary N) is 1. The number of carbonyl (C=O) groups is 2.